The van der Waals surface area contributed by atoms with E-state index in [4.69, 9.17) is 4.74 Å². The standard InChI is InChI=1S/C30H33N5O3.C2H6/c1-19-7-8-20(2)35(19)27-14-9-21(30(3,4)5)17-25(27)34-29(37)33-22-10-12-23(13-11-22)38-24-15-16-32-26(18-24)28(36)31-6;1-2/h7-18H,1-6H3,(H,31,36)(H2,33,34,37);1-2H3. The Labute approximate surface area is 236 Å². The monoisotopic (exact) mass is 541 g/mol. The van der Waals surface area contributed by atoms with Crippen LogP contribution in [0.5, 0.6) is 11.5 Å². The first-order chi connectivity index (χ1) is 19.0. The normalized spacial score (nSPS) is 10.7. The number of nitrogens with one attached hydrogen (secondary N) is 3. The Balaban J connectivity index is 0.00000216. The number of amides is 3. The zero-order valence-corrected chi connectivity index (χ0v) is 24.5. The van der Waals surface area contributed by atoms with Gasteiger partial charge in [-0.15, -0.1) is 0 Å². The van der Waals surface area contributed by atoms with Crippen molar-refractivity contribution in [2.45, 2.75) is 53.9 Å². The molecule has 0 bridgehead atoms. The van der Waals surface area contributed by atoms with Gasteiger partial charge in [-0.2, -0.15) is 0 Å². The third-order valence-corrected chi connectivity index (χ3v) is 6.16. The summed E-state index contributed by atoms with van der Waals surface area (Å²) in [6.07, 6.45) is 1.51. The van der Waals surface area contributed by atoms with Crippen LogP contribution in [0.2, 0.25) is 0 Å². The maximum absolute atomic E-state index is 13.0. The van der Waals surface area contributed by atoms with Gasteiger partial charge in [-0.25, -0.2) is 4.79 Å². The second-order valence-electron chi connectivity index (χ2n) is 10.1. The number of aromatic nitrogens is 2. The van der Waals surface area contributed by atoms with Crippen LogP contribution < -0.4 is 20.7 Å². The Morgan fingerprint density at radius 2 is 1.48 bits per heavy atom. The van der Waals surface area contributed by atoms with Crippen LogP contribution in [0.4, 0.5) is 16.2 Å². The lowest BCUT2D eigenvalue weighted by atomic mass is 9.86. The number of anilines is 2. The maximum Gasteiger partial charge on any atom is 0.323 e. The Hall–Kier alpha value is -4.59. The molecule has 0 aliphatic rings. The van der Waals surface area contributed by atoms with Crippen LogP contribution >= 0.6 is 0 Å². The van der Waals surface area contributed by atoms with Crippen LogP contribution in [-0.2, 0) is 5.41 Å². The quantitative estimate of drug-likeness (QED) is 0.234. The van der Waals surface area contributed by atoms with Crippen LogP contribution in [0, 0.1) is 13.8 Å². The highest BCUT2D eigenvalue weighted by molar-refractivity contribution is 6.01. The van der Waals surface area contributed by atoms with Gasteiger partial charge in [0.15, 0.2) is 0 Å². The van der Waals surface area contributed by atoms with E-state index in [9.17, 15) is 9.59 Å². The van der Waals surface area contributed by atoms with Gasteiger partial charge in [0.05, 0.1) is 11.4 Å². The Bertz CT molecular complexity index is 1450. The number of benzene rings is 2. The predicted octanol–water partition coefficient (Wildman–Crippen LogP) is 7.61. The van der Waals surface area contributed by atoms with Crippen molar-refractivity contribution >= 4 is 23.3 Å². The summed E-state index contributed by atoms with van der Waals surface area (Å²) in [6.45, 7) is 14.5. The molecule has 0 saturated heterocycles. The Morgan fingerprint density at radius 3 is 2.08 bits per heavy atom. The van der Waals surface area contributed by atoms with Crippen LogP contribution in [0.25, 0.3) is 5.69 Å². The van der Waals surface area contributed by atoms with Crippen molar-refractivity contribution in [3.8, 4) is 17.2 Å². The summed E-state index contributed by atoms with van der Waals surface area (Å²) in [5.74, 6) is 0.752. The molecule has 0 fully saturated rings. The second kappa shape index (κ2) is 13.0. The van der Waals surface area contributed by atoms with E-state index in [1.165, 1.54) is 6.20 Å². The molecule has 2 heterocycles. The molecule has 0 aliphatic heterocycles. The molecule has 0 atom stereocenters. The van der Waals surface area contributed by atoms with E-state index in [0.29, 0.717) is 17.2 Å². The zero-order valence-electron chi connectivity index (χ0n) is 24.5. The number of aryl methyl sites for hydroxylation is 2. The SMILES string of the molecule is CC.CNC(=O)c1cc(Oc2ccc(NC(=O)Nc3cc(C(C)(C)C)ccc3-n3c(C)ccc3C)cc2)ccn1. The number of carbonyl (C=O) groups is 2. The number of carbonyl (C=O) groups excluding carboxylic acids is 2. The van der Waals surface area contributed by atoms with Crippen molar-refractivity contribution in [3.05, 3.63) is 95.6 Å². The van der Waals surface area contributed by atoms with Gasteiger partial charge >= 0.3 is 6.03 Å². The first-order valence-electron chi connectivity index (χ1n) is 13.4. The summed E-state index contributed by atoms with van der Waals surface area (Å²) < 4.78 is 7.97. The fraction of sp³-hybridized carbons (Fsp3) is 0.281. The van der Waals surface area contributed by atoms with Crippen LogP contribution in [0.3, 0.4) is 0 Å². The highest BCUT2D eigenvalue weighted by atomic mass is 16.5. The van der Waals surface area contributed by atoms with E-state index in [1.807, 2.05) is 33.8 Å². The molecule has 40 heavy (non-hydrogen) atoms. The van der Waals surface area contributed by atoms with Crippen molar-refractivity contribution in [1.82, 2.24) is 14.9 Å². The van der Waals surface area contributed by atoms with Gasteiger partial charge in [0, 0.05) is 36.4 Å². The van der Waals surface area contributed by atoms with Gasteiger partial charge in [-0.3, -0.25) is 9.78 Å². The number of hydrogen-bond donors (Lipinski definition) is 3. The van der Waals surface area contributed by atoms with Gasteiger partial charge < -0.3 is 25.3 Å². The molecule has 0 spiro atoms. The number of pyridine rings is 1. The minimum Gasteiger partial charge on any atom is -0.457 e. The highest BCUT2D eigenvalue weighted by Gasteiger charge is 2.18. The minimum atomic E-state index is -0.349. The average Bonchev–Trinajstić information content (AvgIpc) is 3.27. The third-order valence-electron chi connectivity index (χ3n) is 6.16. The lowest BCUT2D eigenvalue weighted by Gasteiger charge is -2.23. The van der Waals surface area contributed by atoms with Crippen LogP contribution in [-0.4, -0.2) is 28.5 Å². The highest BCUT2D eigenvalue weighted by Crippen LogP contribution is 2.31. The Morgan fingerprint density at radius 1 is 0.825 bits per heavy atom. The molecule has 2 aromatic carbocycles. The number of nitrogens with zero attached hydrogens (tertiary/aromatic N) is 2. The second-order valence-corrected chi connectivity index (χ2v) is 10.1. The van der Waals surface area contributed by atoms with Gasteiger partial charge in [-0.05, 0) is 79.4 Å². The topological polar surface area (TPSA) is 97.3 Å². The number of hydrogen-bond acceptors (Lipinski definition) is 4. The molecule has 8 heteroatoms. The maximum atomic E-state index is 13.0. The molecule has 8 nitrogen and oxygen atoms in total. The summed E-state index contributed by atoms with van der Waals surface area (Å²) in [7, 11) is 1.55. The van der Waals surface area contributed by atoms with E-state index in [2.05, 4.69) is 70.5 Å². The van der Waals surface area contributed by atoms with Gasteiger partial charge in [-0.1, -0.05) is 40.7 Å². The van der Waals surface area contributed by atoms with Gasteiger partial charge in [0.1, 0.15) is 17.2 Å². The molecule has 3 N–H and O–H groups in total. The van der Waals surface area contributed by atoms with Crippen molar-refractivity contribution in [2.24, 2.45) is 0 Å². The lowest BCUT2D eigenvalue weighted by Crippen LogP contribution is -2.21. The average molecular weight is 542 g/mol. The smallest absolute Gasteiger partial charge is 0.323 e. The first-order valence-corrected chi connectivity index (χ1v) is 13.4. The van der Waals surface area contributed by atoms with E-state index in [-0.39, 0.29) is 23.0 Å². The summed E-state index contributed by atoms with van der Waals surface area (Å²) in [6, 6.07) is 20.2. The van der Waals surface area contributed by atoms with E-state index < -0.39 is 0 Å². The molecule has 0 radical (unpaired) electrons. The molecule has 3 amide bonds. The summed E-state index contributed by atoms with van der Waals surface area (Å²) >= 11 is 0. The fourth-order valence-corrected chi connectivity index (χ4v) is 4.10. The molecular weight excluding hydrogens is 502 g/mol. The van der Waals surface area contributed by atoms with Gasteiger partial charge in [0.2, 0.25) is 0 Å². The van der Waals surface area contributed by atoms with Crippen molar-refractivity contribution < 1.29 is 14.3 Å². The molecule has 4 aromatic rings. The van der Waals surface area contributed by atoms with Crippen molar-refractivity contribution in [1.29, 1.82) is 0 Å². The largest absolute Gasteiger partial charge is 0.457 e. The summed E-state index contributed by atoms with van der Waals surface area (Å²) in [5, 5.41) is 8.48. The Kier molecular flexibility index (Phi) is 9.72. The van der Waals surface area contributed by atoms with Crippen LogP contribution in [0.15, 0.2) is 72.9 Å². The molecule has 0 saturated carbocycles. The lowest BCUT2D eigenvalue weighted by molar-refractivity contribution is 0.0957. The number of rotatable bonds is 6. The third kappa shape index (κ3) is 7.28. The number of urea groups is 1. The molecular formula is C32H39N5O3. The summed E-state index contributed by atoms with van der Waals surface area (Å²) in [4.78, 5) is 28.9. The summed E-state index contributed by atoms with van der Waals surface area (Å²) in [5.41, 5.74) is 5.72. The van der Waals surface area contributed by atoms with E-state index in [0.717, 1.165) is 28.3 Å². The van der Waals surface area contributed by atoms with Crippen LogP contribution in [0.1, 0.15) is 62.1 Å². The molecule has 4 rings (SSSR count). The van der Waals surface area contributed by atoms with Crippen molar-refractivity contribution in [3.63, 3.8) is 0 Å². The minimum absolute atomic E-state index is 0.0715. The van der Waals surface area contributed by atoms with E-state index >= 15 is 0 Å². The van der Waals surface area contributed by atoms with Gasteiger partial charge in [0.25, 0.3) is 5.91 Å². The molecule has 0 unspecified atom stereocenters. The van der Waals surface area contributed by atoms with Crippen molar-refractivity contribution in [2.75, 3.05) is 17.7 Å². The fourth-order valence-electron chi connectivity index (χ4n) is 4.10. The van der Waals surface area contributed by atoms with E-state index in [1.54, 1.807) is 43.4 Å². The number of ether oxygens (including phenoxy) is 1. The molecule has 0 aliphatic carbocycles. The molecule has 210 valence electrons. The zero-order chi connectivity index (χ0) is 29.4. The predicted molar refractivity (Wildman–Crippen MR) is 162 cm³/mol. The molecule has 2 aromatic heterocycles. The first kappa shape index (κ1) is 30.0.